The Morgan fingerprint density at radius 3 is 2.62 bits per heavy atom. The molecule has 0 radical (unpaired) electrons. The molecule has 0 amide bonds. The van der Waals surface area contributed by atoms with Gasteiger partial charge < -0.3 is 0 Å². The van der Waals surface area contributed by atoms with Crippen LogP contribution in [0.25, 0.3) is 0 Å². The highest BCUT2D eigenvalue weighted by atomic mass is 16.1. The average molecular weight is 217 g/mol. The molecule has 1 aliphatic rings. The van der Waals surface area contributed by atoms with Crippen LogP contribution in [0.1, 0.15) is 32.3 Å². The lowest BCUT2D eigenvalue weighted by atomic mass is 9.95. The SMILES string of the molecule is C[C@H]1CCC(=O)[C@H](C)N1Cc1ccccc1. The van der Waals surface area contributed by atoms with Crippen molar-refractivity contribution in [2.45, 2.75) is 45.3 Å². The van der Waals surface area contributed by atoms with Gasteiger partial charge in [0.2, 0.25) is 0 Å². The zero-order valence-corrected chi connectivity index (χ0v) is 10.0. The number of carbonyl (C=O) groups is 1. The van der Waals surface area contributed by atoms with Crippen LogP contribution >= 0.6 is 0 Å². The van der Waals surface area contributed by atoms with Crippen LogP contribution in [-0.4, -0.2) is 22.8 Å². The number of hydrogen-bond acceptors (Lipinski definition) is 2. The Morgan fingerprint density at radius 2 is 1.94 bits per heavy atom. The standard InChI is InChI=1S/C14H19NO/c1-11-8-9-14(16)12(2)15(11)10-13-6-4-3-5-7-13/h3-7,11-12H,8-10H2,1-2H3/t11-,12-/m0/s1. The van der Waals surface area contributed by atoms with Crippen LogP contribution < -0.4 is 0 Å². The predicted octanol–water partition coefficient (Wildman–Crippen LogP) is 2.63. The van der Waals surface area contributed by atoms with Crippen molar-refractivity contribution in [1.29, 1.82) is 0 Å². The van der Waals surface area contributed by atoms with Gasteiger partial charge in [-0.3, -0.25) is 9.69 Å². The van der Waals surface area contributed by atoms with Crippen molar-refractivity contribution < 1.29 is 4.79 Å². The van der Waals surface area contributed by atoms with Crippen molar-refractivity contribution in [3.63, 3.8) is 0 Å². The molecular weight excluding hydrogens is 198 g/mol. The Hall–Kier alpha value is -1.15. The Labute approximate surface area is 97.3 Å². The summed E-state index contributed by atoms with van der Waals surface area (Å²) in [4.78, 5) is 14.0. The molecule has 16 heavy (non-hydrogen) atoms. The summed E-state index contributed by atoms with van der Waals surface area (Å²) >= 11 is 0. The highest BCUT2D eigenvalue weighted by Crippen LogP contribution is 2.22. The molecule has 1 saturated heterocycles. The number of likely N-dealkylation sites (tertiary alicyclic amines) is 1. The van der Waals surface area contributed by atoms with Gasteiger partial charge in [0.05, 0.1) is 6.04 Å². The fraction of sp³-hybridized carbons (Fsp3) is 0.500. The van der Waals surface area contributed by atoms with E-state index in [4.69, 9.17) is 0 Å². The van der Waals surface area contributed by atoms with Crippen molar-refractivity contribution >= 4 is 5.78 Å². The molecule has 0 spiro atoms. The van der Waals surface area contributed by atoms with E-state index >= 15 is 0 Å². The maximum Gasteiger partial charge on any atom is 0.149 e. The molecule has 2 rings (SSSR count). The highest BCUT2D eigenvalue weighted by Gasteiger charge is 2.30. The molecule has 1 aliphatic heterocycles. The summed E-state index contributed by atoms with van der Waals surface area (Å²) in [6.45, 7) is 5.13. The van der Waals surface area contributed by atoms with Gasteiger partial charge in [-0.2, -0.15) is 0 Å². The lowest BCUT2D eigenvalue weighted by Gasteiger charge is -2.37. The van der Waals surface area contributed by atoms with Gasteiger partial charge in [-0.25, -0.2) is 0 Å². The van der Waals surface area contributed by atoms with Gasteiger partial charge in [0, 0.05) is 19.0 Å². The third-order valence-electron chi connectivity index (χ3n) is 3.55. The Balaban J connectivity index is 2.10. The zero-order valence-electron chi connectivity index (χ0n) is 10.0. The van der Waals surface area contributed by atoms with Crippen LogP contribution in [0.2, 0.25) is 0 Å². The zero-order chi connectivity index (χ0) is 11.5. The van der Waals surface area contributed by atoms with Crippen LogP contribution in [-0.2, 0) is 11.3 Å². The molecule has 1 aromatic rings. The summed E-state index contributed by atoms with van der Waals surface area (Å²) in [5.74, 6) is 0.383. The molecule has 0 N–H and O–H groups in total. The molecule has 0 bridgehead atoms. The number of hydrogen-bond donors (Lipinski definition) is 0. The number of benzene rings is 1. The number of carbonyl (C=O) groups excluding carboxylic acids is 1. The van der Waals surface area contributed by atoms with E-state index < -0.39 is 0 Å². The monoisotopic (exact) mass is 217 g/mol. The van der Waals surface area contributed by atoms with Crippen LogP contribution in [0.5, 0.6) is 0 Å². The van der Waals surface area contributed by atoms with Crippen molar-refractivity contribution in [1.82, 2.24) is 4.90 Å². The first-order valence-electron chi connectivity index (χ1n) is 6.01. The van der Waals surface area contributed by atoms with Gasteiger partial charge in [0.25, 0.3) is 0 Å². The summed E-state index contributed by atoms with van der Waals surface area (Å²) in [5, 5.41) is 0. The van der Waals surface area contributed by atoms with E-state index in [0.29, 0.717) is 11.8 Å². The summed E-state index contributed by atoms with van der Waals surface area (Å²) in [5.41, 5.74) is 1.29. The van der Waals surface area contributed by atoms with Gasteiger partial charge in [-0.05, 0) is 25.8 Å². The van der Waals surface area contributed by atoms with E-state index in [1.807, 2.05) is 13.0 Å². The smallest absolute Gasteiger partial charge is 0.149 e. The van der Waals surface area contributed by atoms with Gasteiger partial charge >= 0.3 is 0 Å². The molecule has 2 atom stereocenters. The second kappa shape index (κ2) is 4.79. The average Bonchev–Trinajstić information content (AvgIpc) is 2.31. The molecule has 0 saturated carbocycles. The van der Waals surface area contributed by atoms with E-state index in [1.165, 1.54) is 5.56 Å². The maximum atomic E-state index is 11.7. The first-order valence-corrected chi connectivity index (χ1v) is 6.01. The van der Waals surface area contributed by atoms with Gasteiger partial charge in [-0.1, -0.05) is 30.3 Å². The predicted molar refractivity (Wildman–Crippen MR) is 65.2 cm³/mol. The first-order chi connectivity index (χ1) is 7.68. The van der Waals surface area contributed by atoms with E-state index in [1.54, 1.807) is 0 Å². The Morgan fingerprint density at radius 1 is 1.25 bits per heavy atom. The highest BCUT2D eigenvalue weighted by molar-refractivity contribution is 5.84. The molecule has 0 unspecified atom stereocenters. The first kappa shape index (κ1) is 11.3. The largest absolute Gasteiger partial charge is 0.298 e. The van der Waals surface area contributed by atoms with E-state index in [-0.39, 0.29) is 6.04 Å². The molecular formula is C14H19NO. The van der Waals surface area contributed by atoms with Gasteiger partial charge in [0.15, 0.2) is 0 Å². The van der Waals surface area contributed by atoms with Gasteiger partial charge in [-0.15, -0.1) is 0 Å². The lowest BCUT2D eigenvalue weighted by Crippen LogP contribution is -2.48. The maximum absolute atomic E-state index is 11.7. The molecule has 0 aromatic heterocycles. The Kier molecular flexibility index (Phi) is 3.39. The van der Waals surface area contributed by atoms with E-state index in [0.717, 1.165) is 19.4 Å². The normalized spacial score (nSPS) is 27.0. The van der Waals surface area contributed by atoms with Crippen LogP contribution in [0.15, 0.2) is 30.3 Å². The summed E-state index contributed by atoms with van der Waals surface area (Å²) in [7, 11) is 0. The minimum absolute atomic E-state index is 0.0731. The number of ketones is 1. The van der Waals surface area contributed by atoms with Crippen molar-refractivity contribution in [3.05, 3.63) is 35.9 Å². The van der Waals surface area contributed by atoms with E-state index in [9.17, 15) is 4.79 Å². The molecule has 1 fully saturated rings. The minimum Gasteiger partial charge on any atom is -0.298 e. The van der Waals surface area contributed by atoms with Gasteiger partial charge in [0.1, 0.15) is 5.78 Å². The molecule has 1 aromatic carbocycles. The van der Waals surface area contributed by atoms with E-state index in [2.05, 4.69) is 36.1 Å². The molecule has 1 heterocycles. The quantitative estimate of drug-likeness (QED) is 0.759. The minimum atomic E-state index is 0.0731. The molecule has 86 valence electrons. The number of piperidine rings is 1. The third kappa shape index (κ3) is 2.33. The number of nitrogens with zero attached hydrogens (tertiary/aromatic N) is 1. The van der Waals surface area contributed by atoms with Crippen molar-refractivity contribution in [3.8, 4) is 0 Å². The fourth-order valence-corrected chi connectivity index (χ4v) is 2.38. The topological polar surface area (TPSA) is 20.3 Å². The molecule has 2 nitrogen and oxygen atoms in total. The van der Waals surface area contributed by atoms with Crippen molar-refractivity contribution in [2.24, 2.45) is 0 Å². The summed E-state index contributed by atoms with van der Waals surface area (Å²) < 4.78 is 0. The molecule has 2 heteroatoms. The second-order valence-electron chi connectivity index (χ2n) is 4.69. The molecule has 0 aliphatic carbocycles. The third-order valence-corrected chi connectivity index (χ3v) is 3.55. The van der Waals surface area contributed by atoms with Crippen LogP contribution in [0, 0.1) is 0 Å². The van der Waals surface area contributed by atoms with Crippen LogP contribution in [0.3, 0.4) is 0 Å². The second-order valence-corrected chi connectivity index (χ2v) is 4.69. The lowest BCUT2D eigenvalue weighted by molar-refractivity contribution is -0.128. The van der Waals surface area contributed by atoms with Crippen LogP contribution in [0.4, 0.5) is 0 Å². The summed E-state index contributed by atoms with van der Waals surface area (Å²) in [6, 6.07) is 11.0. The fourth-order valence-electron chi connectivity index (χ4n) is 2.38. The van der Waals surface area contributed by atoms with Crippen molar-refractivity contribution in [2.75, 3.05) is 0 Å². The Bertz CT molecular complexity index is 360. The summed E-state index contributed by atoms with van der Waals surface area (Å²) in [6.07, 6.45) is 1.74. The number of rotatable bonds is 2. The number of Topliss-reactive ketones (excluding diaryl/α,β-unsaturated/α-hetero) is 1.